The summed E-state index contributed by atoms with van der Waals surface area (Å²) in [5.74, 6) is 0. The van der Waals surface area contributed by atoms with Crippen LogP contribution in [0.3, 0.4) is 0 Å². The van der Waals surface area contributed by atoms with Crippen molar-refractivity contribution in [2.75, 3.05) is 31.1 Å². The first-order valence-corrected chi connectivity index (χ1v) is 7.08. The Morgan fingerprint density at radius 1 is 1.37 bits per heavy atom. The van der Waals surface area contributed by atoms with Gasteiger partial charge < -0.3 is 14.6 Å². The minimum Gasteiger partial charge on any atom is -0.423 e. The van der Waals surface area contributed by atoms with Gasteiger partial charge in [0.2, 0.25) is 0 Å². The Bertz CT molecular complexity index is 613. The van der Waals surface area contributed by atoms with Crippen molar-refractivity contribution < 1.29 is 4.42 Å². The Kier molecular flexibility index (Phi) is 2.36. The third-order valence-corrected chi connectivity index (χ3v) is 4.64. The topological polar surface area (TPSA) is 41.3 Å². The van der Waals surface area contributed by atoms with Crippen molar-refractivity contribution in [3.63, 3.8) is 0 Å². The Morgan fingerprint density at radius 2 is 2.32 bits per heavy atom. The summed E-state index contributed by atoms with van der Waals surface area (Å²) in [5.41, 5.74) is 3.52. The lowest BCUT2D eigenvalue weighted by Gasteiger charge is -2.21. The lowest BCUT2D eigenvalue weighted by atomic mass is 9.87. The quantitative estimate of drug-likeness (QED) is 0.851. The monoisotopic (exact) mass is 257 g/mol. The molecule has 0 bridgehead atoms. The molecule has 1 spiro atoms. The first-order valence-electron chi connectivity index (χ1n) is 7.08. The molecule has 1 aromatic heterocycles. The van der Waals surface area contributed by atoms with Gasteiger partial charge in [0.15, 0.2) is 5.58 Å². The lowest BCUT2D eigenvalue weighted by molar-refractivity contribution is 0.367. The van der Waals surface area contributed by atoms with Gasteiger partial charge in [-0.05, 0) is 37.9 Å². The molecule has 0 unspecified atom stereocenters. The number of nitrogens with one attached hydrogen (secondary N) is 1. The molecule has 2 aromatic rings. The third-order valence-electron chi connectivity index (χ3n) is 4.64. The maximum Gasteiger partial charge on any atom is 0.298 e. The molecule has 3 heterocycles. The number of aryl methyl sites for hydroxylation is 1. The first-order chi connectivity index (χ1) is 9.26. The number of oxazole rings is 1. The van der Waals surface area contributed by atoms with Gasteiger partial charge in [-0.1, -0.05) is 12.1 Å². The molecule has 2 aliphatic heterocycles. The molecular formula is C15H19N3O. The van der Waals surface area contributed by atoms with E-state index < -0.39 is 0 Å². The largest absolute Gasteiger partial charge is 0.423 e. The molecule has 0 radical (unpaired) electrons. The fourth-order valence-electron chi connectivity index (χ4n) is 3.45. The fraction of sp³-hybridized carbons (Fsp3) is 0.533. The summed E-state index contributed by atoms with van der Waals surface area (Å²) in [6, 6.07) is 6.94. The van der Waals surface area contributed by atoms with Crippen LogP contribution in [0.5, 0.6) is 0 Å². The van der Waals surface area contributed by atoms with Gasteiger partial charge in [-0.3, -0.25) is 0 Å². The fourth-order valence-corrected chi connectivity index (χ4v) is 3.45. The van der Waals surface area contributed by atoms with Crippen molar-refractivity contribution in [3.8, 4) is 0 Å². The maximum absolute atomic E-state index is 5.98. The van der Waals surface area contributed by atoms with Gasteiger partial charge in [0.1, 0.15) is 5.52 Å². The summed E-state index contributed by atoms with van der Waals surface area (Å²) in [6.07, 6.45) is 2.53. The third kappa shape index (κ3) is 1.74. The Morgan fingerprint density at radius 3 is 3.11 bits per heavy atom. The Hall–Kier alpha value is -1.55. The minimum absolute atomic E-state index is 0.454. The van der Waals surface area contributed by atoms with Gasteiger partial charge in [0.05, 0.1) is 0 Å². The number of fused-ring (bicyclic) bond motifs is 1. The number of nitrogens with zero attached hydrogens (tertiary/aromatic N) is 2. The summed E-state index contributed by atoms with van der Waals surface area (Å²) in [4.78, 5) is 6.96. The molecular weight excluding hydrogens is 238 g/mol. The molecule has 0 aliphatic carbocycles. The van der Waals surface area contributed by atoms with E-state index >= 15 is 0 Å². The second-order valence-electron chi connectivity index (χ2n) is 6.02. The van der Waals surface area contributed by atoms with Crippen LogP contribution in [0.4, 0.5) is 6.01 Å². The van der Waals surface area contributed by atoms with Gasteiger partial charge in [0, 0.05) is 25.0 Å². The average Bonchev–Trinajstić information content (AvgIpc) is 3.11. The van der Waals surface area contributed by atoms with E-state index in [1.54, 1.807) is 0 Å². The van der Waals surface area contributed by atoms with Crippen molar-refractivity contribution in [1.82, 2.24) is 10.3 Å². The van der Waals surface area contributed by atoms with E-state index in [-0.39, 0.29) is 0 Å². The van der Waals surface area contributed by atoms with Crippen LogP contribution in [0.15, 0.2) is 22.6 Å². The summed E-state index contributed by atoms with van der Waals surface area (Å²) in [5, 5.41) is 3.49. The number of para-hydroxylation sites is 1. The molecule has 4 nitrogen and oxygen atoms in total. The first kappa shape index (κ1) is 11.3. The SMILES string of the molecule is Cc1cccc2nc(N3CC[C@]4(CCNC4)C3)oc12. The highest BCUT2D eigenvalue weighted by Crippen LogP contribution is 2.38. The predicted molar refractivity (Wildman–Crippen MR) is 75.5 cm³/mol. The average molecular weight is 257 g/mol. The number of benzene rings is 1. The number of anilines is 1. The van der Waals surface area contributed by atoms with E-state index in [0.717, 1.165) is 48.9 Å². The van der Waals surface area contributed by atoms with Crippen molar-refractivity contribution in [2.45, 2.75) is 19.8 Å². The molecule has 1 N–H and O–H groups in total. The zero-order valence-corrected chi connectivity index (χ0v) is 11.3. The van der Waals surface area contributed by atoms with Gasteiger partial charge in [-0.25, -0.2) is 0 Å². The summed E-state index contributed by atoms with van der Waals surface area (Å²) < 4.78 is 5.98. The second-order valence-corrected chi connectivity index (χ2v) is 6.02. The highest BCUT2D eigenvalue weighted by atomic mass is 16.4. The van der Waals surface area contributed by atoms with Crippen LogP contribution in [0, 0.1) is 12.3 Å². The molecule has 0 amide bonds. The Labute approximate surface area is 112 Å². The molecule has 2 aliphatic rings. The normalized spacial score (nSPS) is 26.9. The van der Waals surface area contributed by atoms with Crippen LogP contribution in [-0.2, 0) is 0 Å². The Balaban J connectivity index is 1.66. The molecule has 1 atom stereocenters. The summed E-state index contributed by atoms with van der Waals surface area (Å²) in [7, 11) is 0. The summed E-state index contributed by atoms with van der Waals surface area (Å²) in [6.45, 7) is 6.51. The number of hydrogen-bond donors (Lipinski definition) is 1. The number of rotatable bonds is 1. The van der Waals surface area contributed by atoms with Crippen LogP contribution in [0.25, 0.3) is 11.1 Å². The highest BCUT2D eigenvalue weighted by molar-refractivity contribution is 5.77. The van der Waals surface area contributed by atoms with E-state index in [0.29, 0.717) is 5.41 Å². The van der Waals surface area contributed by atoms with Gasteiger partial charge in [0.25, 0.3) is 6.01 Å². The van der Waals surface area contributed by atoms with E-state index in [1.165, 1.54) is 12.8 Å². The zero-order valence-electron chi connectivity index (χ0n) is 11.3. The van der Waals surface area contributed by atoms with E-state index in [2.05, 4.69) is 28.2 Å². The van der Waals surface area contributed by atoms with Crippen LogP contribution < -0.4 is 10.2 Å². The number of hydrogen-bond acceptors (Lipinski definition) is 4. The summed E-state index contributed by atoms with van der Waals surface area (Å²) >= 11 is 0. The maximum atomic E-state index is 5.98. The molecule has 4 rings (SSSR count). The smallest absolute Gasteiger partial charge is 0.298 e. The van der Waals surface area contributed by atoms with Crippen molar-refractivity contribution in [1.29, 1.82) is 0 Å². The zero-order chi connectivity index (χ0) is 12.9. The molecule has 2 fully saturated rings. The van der Waals surface area contributed by atoms with Gasteiger partial charge >= 0.3 is 0 Å². The lowest BCUT2D eigenvalue weighted by Crippen LogP contribution is -2.29. The minimum atomic E-state index is 0.454. The molecule has 100 valence electrons. The van der Waals surface area contributed by atoms with Crippen LogP contribution in [-0.4, -0.2) is 31.2 Å². The van der Waals surface area contributed by atoms with E-state index in [9.17, 15) is 0 Å². The van der Waals surface area contributed by atoms with E-state index in [1.807, 2.05) is 12.1 Å². The van der Waals surface area contributed by atoms with Gasteiger partial charge in [-0.2, -0.15) is 4.98 Å². The standard InChI is InChI=1S/C15H19N3O/c1-11-3-2-4-12-13(11)19-14(17-12)18-8-6-15(10-18)5-7-16-9-15/h2-4,16H,5-10H2,1H3/t15-/m0/s1. The van der Waals surface area contributed by atoms with Crippen LogP contribution in [0.1, 0.15) is 18.4 Å². The predicted octanol–water partition coefficient (Wildman–Crippen LogP) is 2.33. The second kappa shape index (κ2) is 3.97. The van der Waals surface area contributed by atoms with E-state index in [4.69, 9.17) is 4.42 Å². The van der Waals surface area contributed by atoms with Crippen LogP contribution >= 0.6 is 0 Å². The van der Waals surface area contributed by atoms with Crippen molar-refractivity contribution in [2.24, 2.45) is 5.41 Å². The molecule has 19 heavy (non-hydrogen) atoms. The molecule has 4 heteroatoms. The highest BCUT2D eigenvalue weighted by Gasteiger charge is 2.41. The number of aromatic nitrogens is 1. The van der Waals surface area contributed by atoms with Crippen molar-refractivity contribution in [3.05, 3.63) is 23.8 Å². The molecule has 2 saturated heterocycles. The van der Waals surface area contributed by atoms with Crippen molar-refractivity contribution >= 4 is 17.1 Å². The molecule has 1 aromatic carbocycles. The van der Waals surface area contributed by atoms with Crippen LogP contribution in [0.2, 0.25) is 0 Å². The van der Waals surface area contributed by atoms with Gasteiger partial charge in [-0.15, -0.1) is 0 Å². The molecule has 0 saturated carbocycles.